The van der Waals surface area contributed by atoms with E-state index in [-0.39, 0.29) is 0 Å². The molecule has 1 nitrogen and oxygen atoms in total. The van der Waals surface area contributed by atoms with E-state index in [1.54, 1.807) is 0 Å². The summed E-state index contributed by atoms with van der Waals surface area (Å²) in [4.78, 5) is 0. The van der Waals surface area contributed by atoms with Gasteiger partial charge in [-0.25, -0.2) is 0 Å². The van der Waals surface area contributed by atoms with Crippen LogP contribution in [-0.2, 0) is 5.60 Å². The highest BCUT2D eigenvalue weighted by Gasteiger charge is 2.27. The van der Waals surface area contributed by atoms with Gasteiger partial charge in [-0.3, -0.25) is 0 Å². The minimum atomic E-state index is -0.685. The van der Waals surface area contributed by atoms with Gasteiger partial charge in [-0.1, -0.05) is 62.7 Å². The summed E-state index contributed by atoms with van der Waals surface area (Å²) in [6.07, 6.45) is 2.57. The van der Waals surface area contributed by atoms with E-state index in [9.17, 15) is 5.11 Å². The van der Waals surface area contributed by atoms with Crippen LogP contribution in [0.5, 0.6) is 0 Å². The quantitative estimate of drug-likeness (QED) is 0.830. The standard InChI is InChI=1S/C16H20O/c1-3-12-16(17,4-2)15-11-7-9-13-8-5-6-10-14(13)15/h5-11,17H,3-4,12H2,1-2H3. The topological polar surface area (TPSA) is 20.2 Å². The smallest absolute Gasteiger partial charge is 0.0899 e. The summed E-state index contributed by atoms with van der Waals surface area (Å²) in [5.74, 6) is 0. The summed E-state index contributed by atoms with van der Waals surface area (Å²) < 4.78 is 0. The summed E-state index contributed by atoms with van der Waals surface area (Å²) in [5, 5.41) is 13.2. The van der Waals surface area contributed by atoms with Crippen molar-refractivity contribution in [2.75, 3.05) is 0 Å². The lowest BCUT2D eigenvalue weighted by molar-refractivity contribution is 0.0241. The number of fused-ring (bicyclic) bond motifs is 1. The molecule has 0 fully saturated rings. The van der Waals surface area contributed by atoms with Crippen molar-refractivity contribution < 1.29 is 5.11 Å². The van der Waals surface area contributed by atoms with Crippen molar-refractivity contribution in [1.82, 2.24) is 0 Å². The van der Waals surface area contributed by atoms with Crippen LogP contribution >= 0.6 is 0 Å². The maximum Gasteiger partial charge on any atom is 0.0899 e. The molecule has 0 amide bonds. The maximum atomic E-state index is 10.8. The minimum Gasteiger partial charge on any atom is -0.385 e. The van der Waals surface area contributed by atoms with Crippen LogP contribution < -0.4 is 0 Å². The molecule has 0 heterocycles. The van der Waals surface area contributed by atoms with Crippen molar-refractivity contribution in [1.29, 1.82) is 0 Å². The Balaban J connectivity index is 2.61. The second kappa shape index (κ2) is 4.89. The highest BCUT2D eigenvalue weighted by atomic mass is 16.3. The SMILES string of the molecule is CCCC(O)(CC)c1cccc2ccccc12. The van der Waals surface area contributed by atoms with Crippen LogP contribution in [0, 0.1) is 0 Å². The third-order valence-corrected chi connectivity index (χ3v) is 3.54. The van der Waals surface area contributed by atoms with Gasteiger partial charge < -0.3 is 5.11 Å². The fourth-order valence-corrected chi connectivity index (χ4v) is 2.55. The van der Waals surface area contributed by atoms with E-state index in [1.807, 2.05) is 18.2 Å². The van der Waals surface area contributed by atoms with Crippen LogP contribution in [0.4, 0.5) is 0 Å². The highest BCUT2D eigenvalue weighted by Crippen LogP contribution is 2.34. The second-order valence-electron chi connectivity index (χ2n) is 4.66. The highest BCUT2D eigenvalue weighted by molar-refractivity contribution is 5.86. The van der Waals surface area contributed by atoms with Crippen LogP contribution in [0.1, 0.15) is 38.7 Å². The Hall–Kier alpha value is -1.34. The van der Waals surface area contributed by atoms with Crippen molar-refractivity contribution in [3.63, 3.8) is 0 Å². The van der Waals surface area contributed by atoms with Gasteiger partial charge >= 0.3 is 0 Å². The van der Waals surface area contributed by atoms with Crippen molar-refractivity contribution >= 4 is 10.8 Å². The second-order valence-corrected chi connectivity index (χ2v) is 4.66. The molecule has 1 unspecified atom stereocenters. The van der Waals surface area contributed by atoms with E-state index in [0.29, 0.717) is 0 Å². The molecule has 2 rings (SSSR count). The molecule has 0 aromatic heterocycles. The average molecular weight is 228 g/mol. The zero-order valence-corrected chi connectivity index (χ0v) is 10.6. The predicted octanol–water partition coefficient (Wildman–Crippen LogP) is 4.24. The maximum absolute atomic E-state index is 10.8. The van der Waals surface area contributed by atoms with Gasteiger partial charge in [-0.05, 0) is 29.2 Å². The molecule has 90 valence electrons. The first-order valence-electron chi connectivity index (χ1n) is 6.42. The molecule has 1 heteroatoms. The summed E-state index contributed by atoms with van der Waals surface area (Å²) in [5.41, 5.74) is 0.384. The predicted molar refractivity (Wildman–Crippen MR) is 73.0 cm³/mol. The Morgan fingerprint density at radius 1 is 1.00 bits per heavy atom. The molecular formula is C16H20O. The first kappa shape index (κ1) is 12.1. The largest absolute Gasteiger partial charge is 0.385 e. The lowest BCUT2D eigenvalue weighted by atomic mass is 9.84. The number of hydrogen-bond donors (Lipinski definition) is 1. The van der Waals surface area contributed by atoms with E-state index in [1.165, 1.54) is 10.8 Å². The number of hydrogen-bond acceptors (Lipinski definition) is 1. The van der Waals surface area contributed by atoms with Crippen LogP contribution in [0.2, 0.25) is 0 Å². The molecule has 0 aliphatic rings. The summed E-state index contributed by atoms with van der Waals surface area (Å²) >= 11 is 0. The molecule has 2 aromatic rings. The van der Waals surface area contributed by atoms with E-state index >= 15 is 0 Å². The molecule has 0 saturated heterocycles. The van der Waals surface area contributed by atoms with Gasteiger partial charge in [0, 0.05) is 0 Å². The van der Waals surface area contributed by atoms with Crippen LogP contribution in [0.15, 0.2) is 42.5 Å². The van der Waals surface area contributed by atoms with Gasteiger partial charge in [0.2, 0.25) is 0 Å². The summed E-state index contributed by atoms with van der Waals surface area (Å²) in [6.45, 7) is 4.17. The van der Waals surface area contributed by atoms with Gasteiger partial charge in [0.1, 0.15) is 0 Å². The molecule has 0 radical (unpaired) electrons. The summed E-state index contributed by atoms with van der Waals surface area (Å²) in [6, 6.07) is 14.5. The van der Waals surface area contributed by atoms with E-state index in [2.05, 4.69) is 38.1 Å². The number of rotatable bonds is 4. The Bertz CT molecular complexity index is 498. The van der Waals surface area contributed by atoms with Gasteiger partial charge in [0.25, 0.3) is 0 Å². The monoisotopic (exact) mass is 228 g/mol. The zero-order valence-electron chi connectivity index (χ0n) is 10.6. The molecule has 2 aromatic carbocycles. The fraction of sp³-hybridized carbons (Fsp3) is 0.375. The normalized spacial score (nSPS) is 14.8. The molecule has 0 spiro atoms. The van der Waals surface area contributed by atoms with Crippen molar-refractivity contribution in [2.24, 2.45) is 0 Å². The molecule has 0 aliphatic heterocycles. The zero-order chi connectivity index (χ0) is 12.3. The Labute approximate surface area is 103 Å². The first-order valence-corrected chi connectivity index (χ1v) is 6.42. The third-order valence-electron chi connectivity index (χ3n) is 3.54. The molecule has 17 heavy (non-hydrogen) atoms. The Morgan fingerprint density at radius 2 is 1.71 bits per heavy atom. The molecule has 1 atom stereocenters. The fourth-order valence-electron chi connectivity index (χ4n) is 2.55. The molecule has 0 saturated carbocycles. The number of aliphatic hydroxyl groups is 1. The summed E-state index contributed by atoms with van der Waals surface area (Å²) in [7, 11) is 0. The molecule has 0 bridgehead atoms. The average Bonchev–Trinajstić information content (AvgIpc) is 2.38. The van der Waals surface area contributed by atoms with E-state index in [4.69, 9.17) is 0 Å². The molecule has 1 N–H and O–H groups in total. The lowest BCUT2D eigenvalue weighted by Crippen LogP contribution is -2.24. The van der Waals surface area contributed by atoms with Gasteiger partial charge in [0.15, 0.2) is 0 Å². The number of benzene rings is 2. The minimum absolute atomic E-state index is 0.685. The Morgan fingerprint density at radius 3 is 2.41 bits per heavy atom. The van der Waals surface area contributed by atoms with Crippen molar-refractivity contribution in [2.45, 2.75) is 38.7 Å². The van der Waals surface area contributed by atoms with Gasteiger partial charge in [0.05, 0.1) is 5.60 Å². The Kier molecular flexibility index (Phi) is 3.49. The van der Waals surface area contributed by atoms with Gasteiger partial charge in [-0.2, -0.15) is 0 Å². The lowest BCUT2D eigenvalue weighted by Gasteiger charge is -2.28. The van der Waals surface area contributed by atoms with Crippen LogP contribution in [-0.4, -0.2) is 5.11 Å². The molecule has 0 aliphatic carbocycles. The van der Waals surface area contributed by atoms with Crippen LogP contribution in [0.3, 0.4) is 0 Å². The van der Waals surface area contributed by atoms with Gasteiger partial charge in [-0.15, -0.1) is 0 Å². The van der Waals surface area contributed by atoms with Crippen molar-refractivity contribution in [3.8, 4) is 0 Å². The van der Waals surface area contributed by atoms with Crippen LogP contribution in [0.25, 0.3) is 10.8 Å². The molecular weight excluding hydrogens is 208 g/mol. The van der Waals surface area contributed by atoms with E-state index in [0.717, 1.165) is 24.8 Å². The first-order chi connectivity index (χ1) is 8.21. The van der Waals surface area contributed by atoms with E-state index < -0.39 is 5.60 Å². The van der Waals surface area contributed by atoms with Crippen molar-refractivity contribution in [3.05, 3.63) is 48.0 Å². The third kappa shape index (κ3) is 2.20.